The minimum atomic E-state index is -0.972. The fourth-order valence-corrected chi connectivity index (χ4v) is 3.15. The maximum Gasteiger partial charge on any atom is 0.345 e. The summed E-state index contributed by atoms with van der Waals surface area (Å²) in [5.74, 6) is -2.08. The quantitative estimate of drug-likeness (QED) is 0.160. The highest BCUT2D eigenvalue weighted by Crippen LogP contribution is 2.32. The van der Waals surface area contributed by atoms with Crippen LogP contribution in [0.1, 0.15) is 26.3 Å². The van der Waals surface area contributed by atoms with Crippen molar-refractivity contribution in [1.82, 2.24) is 5.43 Å². The lowest BCUT2D eigenvalue weighted by molar-refractivity contribution is -0.385. The van der Waals surface area contributed by atoms with Gasteiger partial charge in [-0.25, -0.2) is 10.2 Å². The van der Waals surface area contributed by atoms with Crippen LogP contribution in [0.15, 0.2) is 65.8 Å². The lowest BCUT2D eigenvalue weighted by Gasteiger charge is -2.09. The van der Waals surface area contributed by atoms with Crippen molar-refractivity contribution in [2.45, 2.75) is 0 Å². The van der Waals surface area contributed by atoms with E-state index in [4.69, 9.17) is 27.9 Å². The van der Waals surface area contributed by atoms with Crippen LogP contribution < -0.4 is 10.2 Å². The van der Waals surface area contributed by atoms with Crippen LogP contribution >= 0.6 is 23.2 Å². The molecule has 3 aromatic rings. The van der Waals surface area contributed by atoms with Crippen molar-refractivity contribution in [3.8, 4) is 5.75 Å². The van der Waals surface area contributed by atoms with Crippen molar-refractivity contribution in [3.63, 3.8) is 0 Å². The first-order chi connectivity index (χ1) is 16.2. The summed E-state index contributed by atoms with van der Waals surface area (Å²) in [7, 11) is 0. The Bertz CT molecular complexity index is 1330. The third kappa shape index (κ3) is 5.71. The number of halogens is 2. The lowest BCUT2D eigenvalue weighted by Crippen LogP contribution is -2.18. The molecule has 11 nitrogen and oxygen atoms in total. The number of esters is 1. The summed E-state index contributed by atoms with van der Waals surface area (Å²) >= 11 is 11.8. The van der Waals surface area contributed by atoms with Crippen LogP contribution in [-0.2, 0) is 0 Å². The first-order valence-electron chi connectivity index (χ1n) is 9.20. The zero-order valence-corrected chi connectivity index (χ0v) is 18.3. The zero-order chi connectivity index (χ0) is 24.8. The van der Waals surface area contributed by atoms with Gasteiger partial charge in [0.15, 0.2) is 0 Å². The highest BCUT2D eigenvalue weighted by atomic mass is 35.5. The molecule has 0 bridgehead atoms. The van der Waals surface area contributed by atoms with E-state index in [0.29, 0.717) is 0 Å². The minimum Gasteiger partial charge on any atom is -0.415 e. The Morgan fingerprint density at radius 2 is 1.68 bits per heavy atom. The normalized spacial score (nSPS) is 10.6. The number of ether oxygens (including phenoxy) is 1. The molecule has 13 heteroatoms. The summed E-state index contributed by atoms with van der Waals surface area (Å²) in [4.78, 5) is 45.6. The van der Waals surface area contributed by atoms with Gasteiger partial charge in [0.1, 0.15) is 0 Å². The third-order valence-corrected chi connectivity index (χ3v) is 4.83. The molecule has 0 spiro atoms. The van der Waals surface area contributed by atoms with Gasteiger partial charge in [0.05, 0.1) is 26.6 Å². The highest BCUT2D eigenvalue weighted by molar-refractivity contribution is 6.36. The molecular weight excluding hydrogens is 491 g/mol. The van der Waals surface area contributed by atoms with Crippen LogP contribution in [0.5, 0.6) is 5.75 Å². The molecule has 0 radical (unpaired) electrons. The van der Waals surface area contributed by atoms with Gasteiger partial charge in [0.2, 0.25) is 5.75 Å². The molecule has 0 heterocycles. The molecule has 0 saturated heterocycles. The van der Waals surface area contributed by atoms with E-state index in [0.717, 1.165) is 24.4 Å². The molecule has 34 heavy (non-hydrogen) atoms. The molecule has 1 N–H and O–H groups in total. The molecule has 0 aliphatic heterocycles. The average molecular weight is 503 g/mol. The molecule has 0 atom stereocenters. The Morgan fingerprint density at radius 1 is 0.971 bits per heavy atom. The van der Waals surface area contributed by atoms with Gasteiger partial charge in [0, 0.05) is 34.3 Å². The summed E-state index contributed by atoms with van der Waals surface area (Å²) in [6.07, 6.45) is 1.04. The minimum absolute atomic E-state index is 0.0108. The number of hydrazone groups is 1. The Kier molecular flexibility index (Phi) is 7.51. The van der Waals surface area contributed by atoms with E-state index in [9.17, 15) is 29.8 Å². The second-order valence-corrected chi connectivity index (χ2v) is 7.31. The van der Waals surface area contributed by atoms with E-state index in [1.165, 1.54) is 42.5 Å². The van der Waals surface area contributed by atoms with Crippen LogP contribution in [0.2, 0.25) is 10.0 Å². The number of amides is 1. The summed E-state index contributed by atoms with van der Waals surface area (Å²) in [5, 5.41) is 26.2. The van der Waals surface area contributed by atoms with Crippen LogP contribution in [0, 0.1) is 20.2 Å². The zero-order valence-electron chi connectivity index (χ0n) is 16.8. The number of nitrogens with one attached hydrogen (secondary N) is 1. The van der Waals surface area contributed by atoms with Gasteiger partial charge in [-0.05, 0) is 36.4 Å². The number of nitro groups is 2. The monoisotopic (exact) mass is 502 g/mol. The number of nitrogens with zero attached hydrogens (tertiary/aromatic N) is 3. The van der Waals surface area contributed by atoms with E-state index in [1.54, 1.807) is 0 Å². The van der Waals surface area contributed by atoms with Gasteiger partial charge >= 0.3 is 11.7 Å². The van der Waals surface area contributed by atoms with Crippen LogP contribution in [0.25, 0.3) is 0 Å². The largest absolute Gasteiger partial charge is 0.415 e. The second kappa shape index (κ2) is 10.5. The van der Waals surface area contributed by atoms with Crippen LogP contribution in [-0.4, -0.2) is 27.9 Å². The number of para-hydroxylation sites is 1. The van der Waals surface area contributed by atoms with Gasteiger partial charge in [-0.3, -0.25) is 25.0 Å². The van der Waals surface area contributed by atoms with E-state index in [2.05, 4.69) is 10.5 Å². The third-order valence-electron chi connectivity index (χ3n) is 4.28. The Morgan fingerprint density at radius 3 is 2.29 bits per heavy atom. The average Bonchev–Trinajstić information content (AvgIpc) is 2.79. The maximum absolute atomic E-state index is 12.6. The van der Waals surface area contributed by atoms with Gasteiger partial charge in [-0.2, -0.15) is 5.10 Å². The van der Waals surface area contributed by atoms with E-state index in [-0.39, 0.29) is 32.4 Å². The van der Waals surface area contributed by atoms with Crippen LogP contribution in [0.4, 0.5) is 11.4 Å². The molecule has 0 fully saturated rings. The molecule has 0 saturated carbocycles. The van der Waals surface area contributed by atoms with Gasteiger partial charge < -0.3 is 4.74 Å². The highest BCUT2D eigenvalue weighted by Gasteiger charge is 2.23. The van der Waals surface area contributed by atoms with Crippen molar-refractivity contribution in [2.24, 2.45) is 5.10 Å². The summed E-state index contributed by atoms with van der Waals surface area (Å²) in [5.41, 5.74) is 1.50. The maximum atomic E-state index is 12.6. The van der Waals surface area contributed by atoms with Gasteiger partial charge in [0.25, 0.3) is 11.6 Å². The van der Waals surface area contributed by atoms with E-state index in [1.807, 2.05) is 0 Å². The standard InChI is InChI=1S/C21H12Cl2N4O7/c22-14-6-9-16(17(23)10-14)21(29)34-19-13(2-1-3-18(19)27(32)33)11-24-25-20(28)12-4-7-15(8-5-12)26(30)31/h1-11H,(H,25,28)/b24-11+. The molecule has 0 unspecified atom stereocenters. The van der Waals surface area contributed by atoms with Crippen molar-refractivity contribution in [3.05, 3.63) is 108 Å². The van der Waals surface area contributed by atoms with E-state index < -0.39 is 33.2 Å². The second-order valence-electron chi connectivity index (χ2n) is 6.47. The number of carbonyl (C=O) groups excluding carboxylic acids is 2. The molecule has 172 valence electrons. The Labute approximate surface area is 200 Å². The molecule has 1 amide bonds. The smallest absolute Gasteiger partial charge is 0.345 e. The number of nitro benzene ring substituents is 2. The first-order valence-corrected chi connectivity index (χ1v) is 9.95. The fourth-order valence-electron chi connectivity index (χ4n) is 2.66. The van der Waals surface area contributed by atoms with Crippen molar-refractivity contribution in [1.29, 1.82) is 0 Å². The molecule has 3 aromatic carbocycles. The summed E-state index contributed by atoms with van der Waals surface area (Å²) < 4.78 is 5.25. The fraction of sp³-hybridized carbons (Fsp3) is 0. The Balaban J connectivity index is 1.84. The topological polar surface area (TPSA) is 154 Å². The molecule has 0 aromatic heterocycles. The SMILES string of the molecule is O=C(N/N=C/c1cccc([N+](=O)[O-])c1OC(=O)c1ccc(Cl)cc1Cl)c1ccc([N+](=O)[O-])cc1. The predicted octanol–water partition coefficient (Wildman–Crippen LogP) is 4.79. The number of carbonyl (C=O) groups is 2. The molecular formula is C21H12Cl2N4O7. The van der Waals surface area contributed by atoms with Crippen LogP contribution in [0.3, 0.4) is 0 Å². The number of non-ortho nitro benzene ring substituents is 1. The van der Waals surface area contributed by atoms with Crippen molar-refractivity contribution in [2.75, 3.05) is 0 Å². The van der Waals surface area contributed by atoms with Gasteiger partial charge in [-0.1, -0.05) is 29.3 Å². The number of hydrogen-bond donors (Lipinski definition) is 1. The summed E-state index contributed by atoms with van der Waals surface area (Å²) in [6, 6.07) is 12.6. The van der Waals surface area contributed by atoms with Gasteiger partial charge in [-0.15, -0.1) is 0 Å². The summed E-state index contributed by atoms with van der Waals surface area (Å²) in [6.45, 7) is 0. The van der Waals surface area contributed by atoms with Crippen molar-refractivity contribution >= 4 is 52.7 Å². The Hall–Kier alpha value is -4.35. The number of benzene rings is 3. The molecule has 3 rings (SSSR count). The van der Waals surface area contributed by atoms with E-state index >= 15 is 0 Å². The number of hydrogen-bond acceptors (Lipinski definition) is 8. The first kappa shape index (κ1) is 24.3. The van der Waals surface area contributed by atoms with Crippen molar-refractivity contribution < 1.29 is 24.2 Å². The lowest BCUT2D eigenvalue weighted by atomic mass is 10.1. The molecule has 0 aliphatic carbocycles. The molecule has 0 aliphatic rings. The number of rotatable bonds is 7. The predicted molar refractivity (Wildman–Crippen MR) is 123 cm³/mol.